The van der Waals surface area contributed by atoms with Crippen LogP contribution >= 0.6 is 0 Å². The molecule has 0 aliphatic heterocycles. The summed E-state index contributed by atoms with van der Waals surface area (Å²) in [6, 6.07) is 1.46. The highest BCUT2D eigenvalue weighted by Gasteiger charge is 2.39. The molecule has 0 aromatic rings. The normalized spacial score (nSPS) is 30.5. The highest BCUT2D eigenvalue weighted by molar-refractivity contribution is 4.93. The van der Waals surface area contributed by atoms with Crippen LogP contribution in [0.4, 0.5) is 0 Å². The van der Waals surface area contributed by atoms with Gasteiger partial charge in [-0.15, -0.1) is 0 Å². The Morgan fingerprint density at radius 2 is 1.44 bits per heavy atom. The van der Waals surface area contributed by atoms with E-state index in [1.54, 1.807) is 0 Å². The Balaban J connectivity index is 1.91. The summed E-state index contributed by atoms with van der Waals surface area (Å²) in [5.41, 5.74) is 1.02. The van der Waals surface area contributed by atoms with Crippen LogP contribution in [0, 0.1) is 16.7 Å². The molecule has 2 saturated carbocycles. The van der Waals surface area contributed by atoms with Gasteiger partial charge < -0.3 is 5.32 Å². The molecular weight excluding hydrogens is 218 g/mol. The SMILES string of the molecule is C[C@H](NC1CC(C)(C)CC(C)(C)C1)C1CCCC1. The Morgan fingerprint density at radius 1 is 0.944 bits per heavy atom. The first-order valence-corrected chi connectivity index (χ1v) is 8.04. The first-order chi connectivity index (χ1) is 8.27. The lowest BCUT2D eigenvalue weighted by Crippen LogP contribution is -2.48. The van der Waals surface area contributed by atoms with Crippen LogP contribution in [0.25, 0.3) is 0 Å². The minimum Gasteiger partial charge on any atom is -0.311 e. The van der Waals surface area contributed by atoms with Crippen molar-refractivity contribution in [3.8, 4) is 0 Å². The summed E-state index contributed by atoms with van der Waals surface area (Å²) in [5.74, 6) is 0.943. The van der Waals surface area contributed by atoms with E-state index in [9.17, 15) is 0 Å². The molecule has 0 aromatic heterocycles. The van der Waals surface area contributed by atoms with Crippen molar-refractivity contribution in [2.24, 2.45) is 16.7 Å². The van der Waals surface area contributed by atoms with Crippen LogP contribution in [0.1, 0.15) is 79.6 Å². The lowest BCUT2D eigenvalue weighted by atomic mass is 9.63. The molecule has 0 aromatic carbocycles. The molecule has 0 unspecified atom stereocenters. The quantitative estimate of drug-likeness (QED) is 0.762. The second-order valence-corrected chi connectivity index (χ2v) is 8.61. The lowest BCUT2D eigenvalue weighted by Gasteiger charge is -2.46. The molecule has 0 saturated heterocycles. The van der Waals surface area contributed by atoms with Crippen molar-refractivity contribution < 1.29 is 0 Å². The Kier molecular flexibility index (Phi) is 4.11. The van der Waals surface area contributed by atoms with Crippen molar-refractivity contribution >= 4 is 0 Å². The molecular formula is C17H33N. The van der Waals surface area contributed by atoms with Gasteiger partial charge in [0, 0.05) is 12.1 Å². The van der Waals surface area contributed by atoms with Crippen LogP contribution in [-0.2, 0) is 0 Å². The van der Waals surface area contributed by atoms with Crippen LogP contribution in [0.2, 0.25) is 0 Å². The number of hydrogen-bond acceptors (Lipinski definition) is 1. The Morgan fingerprint density at radius 3 is 1.94 bits per heavy atom. The van der Waals surface area contributed by atoms with Gasteiger partial charge in [-0.2, -0.15) is 0 Å². The van der Waals surface area contributed by atoms with Gasteiger partial charge in [0.2, 0.25) is 0 Å². The Labute approximate surface area is 114 Å². The number of hydrogen-bond donors (Lipinski definition) is 1. The Bertz CT molecular complexity index is 257. The van der Waals surface area contributed by atoms with Crippen LogP contribution in [-0.4, -0.2) is 12.1 Å². The summed E-state index contributed by atoms with van der Waals surface area (Å²) in [5, 5.41) is 3.97. The van der Waals surface area contributed by atoms with Gasteiger partial charge in [0.25, 0.3) is 0 Å². The molecule has 1 atom stereocenters. The number of nitrogens with one attached hydrogen (secondary N) is 1. The summed E-state index contributed by atoms with van der Waals surface area (Å²) < 4.78 is 0. The highest BCUT2D eigenvalue weighted by atomic mass is 15.0. The standard InChI is InChI=1S/C17H33N/c1-13(14-8-6-7-9-14)18-15-10-16(2,3)12-17(4,5)11-15/h13-15,18H,6-12H2,1-5H3/t13-/m0/s1. The number of rotatable bonds is 3. The molecule has 0 amide bonds. The van der Waals surface area contributed by atoms with E-state index in [2.05, 4.69) is 39.9 Å². The lowest BCUT2D eigenvalue weighted by molar-refractivity contribution is 0.0775. The summed E-state index contributed by atoms with van der Waals surface area (Å²) in [6.07, 6.45) is 9.90. The first-order valence-electron chi connectivity index (χ1n) is 8.04. The molecule has 1 nitrogen and oxygen atoms in total. The van der Waals surface area contributed by atoms with Gasteiger partial charge in [0.05, 0.1) is 0 Å². The van der Waals surface area contributed by atoms with Crippen molar-refractivity contribution in [3.05, 3.63) is 0 Å². The van der Waals surface area contributed by atoms with Crippen molar-refractivity contribution in [1.29, 1.82) is 0 Å². The average molecular weight is 251 g/mol. The van der Waals surface area contributed by atoms with Crippen LogP contribution in [0.5, 0.6) is 0 Å². The van der Waals surface area contributed by atoms with Gasteiger partial charge in [-0.3, -0.25) is 0 Å². The third-order valence-corrected chi connectivity index (χ3v) is 5.16. The summed E-state index contributed by atoms with van der Waals surface area (Å²) in [4.78, 5) is 0. The molecule has 106 valence electrons. The predicted octanol–water partition coefficient (Wildman–Crippen LogP) is 4.76. The van der Waals surface area contributed by atoms with Gasteiger partial charge in [-0.25, -0.2) is 0 Å². The molecule has 2 rings (SSSR count). The fourth-order valence-corrected chi connectivity index (χ4v) is 4.93. The molecule has 1 N–H and O–H groups in total. The largest absolute Gasteiger partial charge is 0.311 e. The van der Waals surface area contributed by atoms with Gasteiger partial charge >= 0.3 is 0 Å². The average Bonchev–Trinajstić information content (AvgIpc) is 2.63. The summed E-state index contributed by atoms with van der Waals surface area (Å²) in [7, 11) is 0. The molecule has 2 aliphatic rings. The van der Waals surface area contributed by atoms with E-state index in [4.69, 9.17) is 0 Å². The van der Waals surface area contributed by atoms with Crippen molar-refractivity contribution in [1.82, 2.24) is 5.32 Å². The molecule has 2 aliphatic carbocycles. The second kappa shape index (κ2) is 5.15. The summed E-state index contributed by atoms with van der Waals surface area (Å²) >= 11 is 0. The van der Waals surface area contributed by atoms with E-state index in [1.807, 2.05) is 0 Å². The fourth-order valence-electron chi connectivity index (χ4n) is 4.93. The molecule has 0 bridgehead atoms. The smallest absolute Gasteiger partial charge is 0.00798 e. The van der Waals surface area contributed by atoms with E-state index >= 15 is 0 Å². The third kappa shape index (κ3) is 3.73. The van der Waals surface area contributed by atoms with E-state index in [0.29, 0.717) is 10.8 Å². The van der Waals surface area contributed by atoms with E-state index in [0.717, 1.165) is 18.0 Å². The zero-order valence-corrected chi connectivity index (χ0v) is 13.2. The zero-order valence-electron chi connectivity index (χ0n) is 13.2. The fraction of sp³-hybridized carbons (Fsp3) is 1.00. The van der Waals surface area contributed by atoms with Crippen molar-refractivity contribution in [2.45, 2.75) is 91.6 Å². The first kappa shape index (κ1) is 14.4. The topological polar surface area (TPSA) is 12.0 Å². The van der Waals surface area contributed by atoms with Crippen LogP contribution < -0.4 is 5.32 Å². The zero-order chi connectivity index (χ0) is 13.4. The molecule has 0 heterocycles. The van der Waals surface area contributed by atoms with E-state index in [1.165, 1.54) is 44.9 Å². The molecule has 18 heavy (non-hydrogen) atoms. The van der Waals surface area contributed by atoms with E-state index in [-0.39, 0.29) is 0 Å². The van der Waals surface area contributed by atoms with E-state index < -0.39 is 0 Å². The molecule has 0 radical (unpaired) electrons. The van der Waals surface area contributed by atoms with Gasteiger partial charge in [-0.05, 0) is 55.8 Å². The van der Waals surface area contributed by atoms with Gasteiger partial charge in [0.1, 0.15) is 0 Å². The maximum absolute atomic E-state index is 3.97. The minimum absolute atomic E-state index is 0.509. The maximum atomic E-state index is 3.97. The van der Waals surface area contributed by atoms with Crippen molar-refractivity contribution in [3.63, 3.8) is 0 Å². The van der Waals surface area contributed by atoms with Crippen LogP contribution in [0.3, 0.4) is 0 Å². The van der Waals surface area contributed by atoms with Gasteiger partial charge in [-0.1, -0.05) is 40.5 Å². The summed E-state index contributed by atoms with van der Waals surface area (Å²) in [6.45, 7) is 12.2. The molecule has 0 spiro atoms. The van der Waals surface area contributed by atoms with Crippen molar-refractivity contribution in [2.75, 3.05) is 0 Å². The van der Waals surface area contributed by atoms with Crippen LogP contribution in [0.15, 0.2) is 0 Å². The molecule has 2 fully saturated rings. The maximum Gasteiger partial charge on any atom is 0.00798 e. The minimum atomic E-state index is 0.509. The second-order valence-electron chi connectivity index (χ2n) is 8.61. The Hall–Kier alpha value is -0.0400. The molecule has 1 heteroatoms. The third-order valence-electron chi connectivity index (χ3n) is 5.16. The monoisotopic (exact) mass is 251 g/mol. The van der Waals surface area contributed by atoms with Gasteiger partial charge in [0.15, 0.2) is 0 Å². The predicted molar refractivity (Wildman–Crippen MR) is 79.8 cm³/mol. The highest BCUT2D eigenvalue weighted by Crippen LogP contribution is 2.46.